The van der Waals surface area contributed by atoms with E-state index in [4.69, 9.17) is 9.47 Å². The van der Waals surface area contributed by atoms with Gasteiger partial charge in [0, 0.05) is 16.6 Å². The van der Waals surface area contributed by atoms with Gasteiger partial charge in [-0.25, -0.2) is 9.78 Å². The number of amides is 1. The molecule has 2 heterocycles. The van der Waals surface area contributed by atoms with Crippen LogP contribution in [0.2, 0.25) is 0 Å². The van der Waals surface area contributed by atoms with Crippen molar-refractivity contribution in [3.05, 3.63) is 51.7 Å². The zero-order chi connectivity index (χ0) is 21.1. The van der Waals surface area contributed by atoms with Gasteiger partial charge in [0.05, 0.1) is 25.5 Å². The molecule has 3 rings (SSSR count). The van der Waals surface area contributed by atoms with E-state index in [9.17, 15) is 9.59 Å². The number of carbonyl (C=O) groups excluding carboxylic acids is 2. The Kier molecular flexibility index (Phi) is 6.03. The Bertz CT molecular complexity index is 1070. The number of rotatable bonds is 6. The Hall–Kier alpha value is -3.13. The molecule has 0 aliphatic heterocycles. The van der Waals surface area contributed by atoms with Crippen molar-refractivity contribution in [2.75, 3.05) is 19.5 Å². The van der Waals surface area contributed by atoms with E-state index in [2.05, 4.69) is 15.3 Å². The number of anilines is 1. The predicted octanol–water partition coefficient (Wildman–Crippen LogP) is 4.36. The summed E-state index contributed by atoms with van der Waals surface area (Å²) in [4.78, 5) is 32.4. The fraction of sp³-hybridized carbons (Fsp3) is 0.286. The highest BCUT2D eigenvalue weighted by Crippen LogP contribution is 2.33. The molecule has 0 aliphatic rings. The maximum atomic E-state index is 12.8. The van der Waals surface area contributed by atoms with Crippen molar-refractivity contribution in [2.45, 2.75) is 27.2 Å². The van der Waals surface area contributed by atoms with Crippen LogP contribution in [0.25, 0.3) is 11.3 Å². The fourth-order valence-corrected chi connectivity index (χ4v) is 3.87. The van der Waals surface area contributed by atoms with E-state index in [1.54, 1.807) is 14.0 Å². The van der Waals surface area contributed by atoms with Crippen molar-refractivity contribution in [1.82, 2.24) is 9.97 Å². The number of carbonyl (C=O) groups is 2. The molecule has 0 spiro atoms. The van der Waals surface area contributed by atoms with Crippen molar-refractivity contribution >= 4 is 28.3 Å². The number of aryl methyl sites for hydroxylation is 2. The van der Waals surface area contributed by atoms with E-state index < -0.39 is 5.97 Å². The van der Waals surface area contributed by atoms with Gasteiger partial charge in [-0.2, -0.15) is 0 Å². The van der Waals surface area contributed by atoms with Gasteiger partial charge < -0.3 is 14.5 Å². The van der Waals surface area contributed by atoms with Crippen LogP contribution >= 0.6 is 11.3 Å². The lowest BCUT2D eigenvalue weighted by atomic mass is 10.1. The van der Waals surface area contributed by atoms with Gasteiger partial charge in [0.25, 0.3) is 5.91 Å². The second-order valence-corrected chi connectivity index (χ2v) is 7.38. The molecule has 0 atom stereocenters. The SMILES string of the molecule is CCc1[nH]c(C(=O)Nc2nc(-c3cc(C)ccc3OC)cs2)c(C)c1C(=O)OC. The van der Waals surface area contributed by atoms with Gasteiger partial charge >= 0.3 is 5.97 Å². The fourth-order valence-electron chi connectivity index (χ4n) is 3.17. The molecule has 0 unspecified atom stereocenters. The molecular formula is C21H23N3O4S. The molecule has 8 heteroatoms. The Balaban J connectivity index is 1.88. The zero-order valence-corrected chi connectivity index (χ0v) is 17.8. The maximum absolute atomic E-state index is 12.8. The summed E-state index contributed by atoms with van der Waals surface area (Å²) in [6.45, 7) is 5.62. The van der Waals surface area contributed by atoms with Crippen LogP contribution in [0.1, 0.15) is 44.6 Å². The number of thiazole rings is 1. The Morgan fingerprint density at radius 3 is 2.66 bits per heavy atom. The van der Waals surface area contributed by atoms with E-state index in [1.165, 1.54) is 18.4 Å². The van der Waals surface area contributed by atoms with E-state index in [0.717, 1.165) is 16.8 Å². The number of nitrogens with one attached hydrogen (secondary N) is 2. The highest BCUT2D eigenvalue weighted by Gasteiger charge is 2.24. The van der Waals surface area contributed by atoms with Gasteiger partial charge in [0.15, 0.2) is 5.13 Å². The molecule has 3 aromatic rings. The zero-order valence-electron chi connectivity index (χ0n) is 17.0. The molecule has 2 N–H and O–H groups in total. The number of aromatic nitrogens is 2. The molecule has 1 aromatic carbocycles. The molecule has 7 nitrogen and oxygen atoms in total. The monoisotopic (exact) mass is 413 g/mol. The molecule has 29 heavy (non-hydrogen) atoms. The van der Waals surface area contributed by atoms with Gasteiger partial charge in [-0.1, -0.05) is 18.6 Å². The molecule has 0 bridgehead atoms. The molecule has 0 saturated heterocycles. The summed E-state index contributed by atoms with van der Waals surface area (Å²) in [5, 5.41) is 5.13. The number of esters is 1. The van der Waals surface area contributed by atoms with Gasteiger partial charge in [-0.3, -0.25) is 10.1 Å². The van der Waals surface area contributed by atoms with Gasteiger partial charge in [0.1, 0.15) is 11.4 Å². The number of ether oxygens (including phenoxy) is 2. The molecular weight excluding hydrogens is 390 g/mol. The lowest BCUT2D eigenvalue weighted by Gasteiger charge is -2.07. The lowest BCUT2D eigenvalue weighted by molar-refractivity contribution is 0.0599. The number of nitrogens with zero attached hydrogens (tertiary/aromatic N) is 1. The largest absolute Gasteiger partial charge is 0.496 e. The van der Waals surface area contributed by atoms with Crippen molar-refractivity contribution in [2.24, 2.45) is 0 Å². The van der Waals surface area contributed by atoms with Crippen LogP contribution in [0.3, 0.4) is 0 Å². The first-order valence-corrected chi connectivity index (χ1v) is 9.99. The van der Waals surface area contributed by atoms with Gasteiger partial charge in [-0.15, -0.1) is 11.3 Å². The number of aromatic amines is 1. The lowest BCUT2D eigenvalue weighted by Crippen LogP contribution is -2.14. The number of hydrogen-bond donors (Lipinski definition) is 2. The summed E-state index contributed by atoms with van der Waals surface area (Å²) < 4.78 is 10.3. The van der Waals surface area contributed by atoms with Crippen LogP contribution in [0, 0.1) is 13.8 Å². The van der Waals surface area contributed by atoms with Crippen LogP contribution < -0.4 is 10.1 Å². The van der Waals surface area contributed by atoms with Gasteiger partial charge in [0.2, 0.25) is 0 Å². The van der Waals surface area contributed by atoms with Crippen molar-refractivity contribution in [1.29, 1.82) is 0 Å². The first-order valence-electron chi connectivity index (χ1n) is 9.11. The molecule has 0 fully saturated rings. The smallest absolute Gasteiger partial charge is 0.339 e. The summed E-state index contributed by atoms with van der Waals surface area (Å²) in [5.41, 5.74) is 4.63. The number of methoxy groups -OCH3 is 2. The van der Waals surface area contributed by atoms with Crippen LogP contribution in [0.15, 0.2) is 23.6 Å². The summed E-state index contributed by atoms with van der Waals surface area (Å²) in [6, 6.07) is 5.85. The standard InChI is InChI=1S/C21H23N3O4S/c1-6-14-17(20(26)28-5)12(3)18(22-14)19(25)24-21-23-15(10-29-21)13-9-11(2)7-8-16(13)27-4/h7-10,22H,6H2,1-5H3,(H,23,24,25). The average molecular weight is 413 g/mol. The number of hydrogen-bond acceptors (Lipinski definition) is 6. The van der Waals surface area contributed by atoms with E-state index >= 15 is 0 Å². The topological polar surface area (TPSA) is 93.3 Å². The third-order valence-corrected chi connectivity index (χ3v) is 5.41. The van der Waals surface area contributed by atoms with E-state index in [-0.39, 0.29) is 5.91 Å². The summed E-state index contributed by atoms with van der Waals surface area (Å²) in [7, 11) is 2.94. The molecule has 0 saturated carbocycles. The first-order chi connectivity index (χ1) is 13.9. The molecule has 152 valence electrons. The minimum atomic E-state index is -0.460. The summed E-state index contributed by atoms with van der Waals surface area (Å²) >= 11 is 1.32. The summed E-state index contributed by atoms with van der Waals surface area (Å²) in [5.74, 6) is -0.100. The molecule has 0 aliphatic carbocycles. The number of benzene rings is 1. The Morgan fingerprint density at radius 2 is 2.00 bits per heavy atom. The third-order valence-electron chi connectivity index (χ3n) is 4.65. The first kappa shape index (κ1) is 20.6. The van der Waals surface area contributed by atoms with E-state index in [1.807, 2.05) is 37.4 Å². The Morgan fingerprint density at radius 1 is 1.24 bits per heavy atom. The average Bonchev–Trinajstić information content (AvgIpc) is 3.31. The number of H-pyrrole nitrogens is 1. The Labute approximate surface area is 173 Å². The normalized spacial score (nSPS) is 10.7. The molecule has 0 radical (unpaired) electrons. The van der Waals surface area contributed by atoms with Crippen LogP contribution in [0.4, 0.5) is 5.13 Å². The third kappa shape index (κ3) is 4.02. The quantitative estimate of drug-likeness (QED) is 0.586. The molecule has 2 aromatic heterocycles. The van der Waals surface area contributed by atoms with Crippen molar-refractivity contribution in [3.63, 3.8) is 0 Å². The van der Waals surface area contributed by atoms with Crippen LogP contribution in [0.5, 0.6) is 5.75 Å². The van der Waals surface area contributed by atoms with Crippen molar-refractivity contribution < 1.29 is 19.1 Å². The predicted molar refractivity (Wildman–Crippen MR) is 113 cm³/mol. The maximum Gasteiger partial charge on any atom is 0.339 e. The second kappa shape index (κ2) is 8.48. The minimum Gasteiger partial charge on any atom is -0.496 e. The summed E-state index contributed by atoms with van der Waals surface area (Å²) in [6.07, 6.45) is 0.576. The van der Waals surface area contributed by atoms with Gasteiger partial charge in [-0.05, 0) is 38.0 Å². The van der Waals surface area contributed by atoms with E-state index in [0.29, 0.717) is 39.8 Å². The van der Waals surface area contributed by atoms with Crippen LogP contribution in [-0.2, 0) is 11.2 Å². The second-order valence-electron chi connectivity index (χ2n) is 6.52. The van der Waals surface area contributed by atoms with Crippen LogP contribution in [-0.4, -0.2) is 36.1 Å². The molecule has 1 amide bonds. The highest BCUT2D eigenvalue weighted by atomic mass is 32.1. The van der Waals surface area contributed by atoms with Crippen molar-refractivity contribution in [3.8, 4) is 17.0 Å². The highest BCUT2D eigenvalue weighted by molar-refractivity contribution is 7.14. The minimum absolute atomic E-state index is 0.326.